The summed E-state index contributed by atoms with van der Waals surface area (Å²) in [5.74, 6) is 1.40. The van der Waals surface area contributed by atoms with Gasteiger partial charge in [-0.2, -0.15) is 0 Å². The minimum absolute atomic E-state index is 0.306. The molecule has 1 rings (SSSR count). The van der Waals surface area contributed by atoms with Gasteiger partial charge in [0.25, 0.3) is 0 Å². The van der Waals surface area contributed by atoms with Crippen LogP contribution in [0, 0.1) is 17.3 Å². The highest BCUT2D eigenvalue weighted by atomic mass is 16.3. The van der Waals surface area contributed by atoms with Crippen LogP contribution in [0.5, 0.6) is 0 Å². The van der Waals surface area contributed by atoms with Gasteiger partial charge < -0.3 is 5.11 Å². The number of hydrogen-bond donors (Lipinski definition) is 1. The van der Waals surface area contributed by atoms with E-state index in [4.69, 9.17) is 5.11 Å². The molecule has 0 saturated heterocycles. The monoisotopic (exact) mass is 128 g/mol. The maximum absolute atomic E-state index is 9.00. The summed E-state index contributed by atoms with van der Waals surface area (Å²) < 4.78 is 0. The Kier molecular flexibility index (Phi) is 1.55. The van der Waals surface area contributed by atoms with Crippen LogP contribution in [0.3, 0.4) is 0 Å². The number of aliphatic hydroxyl groups is 1. The van der Waals surface area contributed by atoms with Crippen molar-refractivity contribution in [2.24, 2.45) is 17.3 Å². The maximum Gasteiger partial charge on any atom is 0.0492 e. The first-order valence-electron chi connectivity index (χ1n) is 3.74. The molecule has 9 heavy (non-hydrogen) atoms. The molecule has 0 bridgehead atoms. The van der Waals surface area contributed by atoms with Crippen LogP contribution >= 0.6 is 0 Å². The smallest absolute Gasteiger partial charge is 0.0492 e. The Morgan fingerprint density at radius 2 is 2.11 bits per heavy atom. The highest BCUT2D eigenvalue weighted by Crippen LogP contribution is 2.56. The van der Waals surface area contributed by atoms with Crippen molar-refractivity contribution in [3.05, 3.63) is 0 Å². The van der Waals surface area contributed by atoms with E-state index >= 15 is 0 Å². The number of aliphatic hydroxyl groups excluding tert-OH is 1. The molecule has 54 valence electrons. The number of rotatable bonds is 2. The van der Waals surface area contributed by atoms with E-state index in [0.717, 1.165) is 5.92 Å². The molecule has 0 aromatic rings. The standard InChI is InChI=1S/C8H16O/c1-6(2)8(5-9)4-7(8)3/h6-7,9H,4-5H2,1-3H3. The van der Waals surface area contributed by atoms with Crippen molar-refractivity contribution < 1.29 is 5.11 Å². The summed E-state index contributed by atoms with van der Waals surface area (Å²) in [6, 6.07) is 0. The number of hydrogen-bond acceptors (Lipinski definition) is 1. The van der Waals surface area contributed by atoms with Crippen molar-refractivity contribution in [3.8, 4) is 0 Å². The summed E-state index contributed by atoms with van der Waals surface area (Å²) in [5.41, 5.74) is 0.306. The van der Waals surface area contributed by atoms with E-state index in [9.17, 15) is 0 Å². The molecule has 2 unspecified atom stereocenters. The van der Waals surface area contributed by atoms with Crippen molar-refractivity contribution in [3.63, 3.8) is 0 Å². The molecule has 0 radical (unpaired) electrons. The summed E-state index contributed by atoms with van der Waals surface area (Å²) in [6.07, 6.45) is 1.22. The summed E-state index contributed by atoms with van der Waals surface area (Å²) in [5, 5.41) is 9.00. The third-order valence-electron chi connectivity index (χ3n) is 2.95. The minimum Gasteiger partial charge on any atom is -0.396 e. The molecule has 0 aliphatic heterocycles. The first kappa shape index (κ1) is 7.07. The summed E-state index contributed by atoms with van der Waals surface area (Å²) >= 11 is 0. The molecule has 1 fully saturated rings. The van der Waals surface area contributed by atoms with Gasteiger partial charge in [-0.15, -0.1) is 0 Å². The van der Waals surface area contributed by atoms with Crippen LogP contribution in [0.1, 0.15) is 27.2 Å². The Morgan fingerprint density at radius 1 is 1.67 bits per heavy atom. The van der Waals surface area contributed by atoms with Gasteiger partial charge in [0.05, 0.1) is 0 Å². The average molecular weight is 128 g/mol. The van der Waals surface area contributed by atoms with E-state index in [1.54, 1.807) is 0 Å². The Morgan fingerprint density at radius 3 is 2.11 bits per heavy atom. The molecule has 1 saturated carbocycles. The topological polar surface area (TPSA) is 20.2 Å². The minimum atomic E-state index is 0.306. The highest BCUT2D eigenvalue weighted by Gasteiger charge is 2.52. The van der Waals surface area contributed by atoms with Crippen molar-refractivity contribution >= 4 is 0 Å². The van der Waals surface area contributed by atoms with Gasteiger partial charge >= 0.3 is 0 Å². The van der Waals surface area contributed by atoms with Crippen molar-refractivity contribution in [2.75, 3.05) is 6.61 Å². The Hall–Kier alpha value is -0.0400. The van der Waals surface area contributed by atoms with Crippen molar-refractivity contribution in [2.45, 2.75) is 27.2 Å². The van der Waals surface area contributed by atoms with Gasteiger partial charge in [-0.05, 0) is 23.7 Å². The summed E-state index contributed by atoms with van der Waals surface area (Å²) in [7, 11) is 0. The van der Waals surface area contributed by atoms with Crippen LogP contribution < -0.4 is 0 Å². The lowest BCUT2D eigenvalue weighted by Gasteiger charge is -2.16. The molecule has 1 heteroatoms. The molecule has 0 spiro atoms. The summed E-state index contributed by atoms with van der Waals surface area (Å²) in [4.78, 5) is 0. The zero-order valence-electron chi connectivity index (χ0n) is 6.52. The zero-order valence-corrected chi connectivity index (χ0v) is 6.52. The Balaban J connectivity index is 2.52. The third kappa shape index (κ3) is 0.877. The molecule has 0 aromatic carbocycles. The molecule has 1 aliphatic carbocycles. The lowest BCUT2D eigenvalue weighted by Crippen LogP contribution is -2.16. The highest BCUT2D eigenvalue weighted by molar-refractivity contribution is 5.01. The molecule has 0 aromatic heterocycles. The van der Waals surface area contributed by atoms with Gasteiger partial charge in [0.1, 0.15) is 0 Å². The fourth-order valence-corrected chi connectivity index (χ4v) is 1.72. The lowest BCUT2D eigenvalue weighted by atomic mass is 9.91. The largest absolute Gasteiger partial charge is 0.396 e. The van der Waals surface area contributed by atoms with Crippen molar-refractivity contribution in [1.82, 2.24) is 0 Å². The maximum atomic E-state index is 9.00. The van der Waals surface area contributed by atoms with E-state index in [1.807, 2.05) is 0 Å². The fraction of sp³-hybridized carbons (Fsp3) is 1.00. The first-order valence-corrected chi connectivity index (χ1v) is 3.74. The van der Waals surface area contributed by atoms with E-state index < -0.39 is 0 Å². The van der Waals surface area contributed by atoms with Gasteiger partial charge in [0.15, 0.2) is 0 Å². The quantitative estimate of drug-likeness (QED) is 0.599. The Bertz CT molecular complexity index is 105. The van der Waals surface area contributed by atoms with Crippen LogP contribution in [-0.4, -0.2) is 11.7 Å². The fourth-order valence-electron chi connectivity index (χ4n) is 1.72. The van der Waals surface area contributed by atoms with Gasteiger partial charge in [-0.1, -0.05) is 20.8 Å². The molecule has 1 nitrogen and oxygen atoms in total. The van der Waals surface area contributed by atoms with Crippen LogP contribution in [0.15, 0.2) is 0 Å². The van der Waals surface area contributed by atoms with Crippen molar-refractivity contribution in [1.29, 1.82) is 0 Å². The molecule has 1 N–H and O–H groups in total. The third-order valence-corrected chi connectivity index (χ3v) is 2.95. The van der Waals surface area contributed by atoms with Crippen LogP contribution in [0.25, 0.3) is 0 Å². The molecule has 0 heterocycles. The second-order valence-corrected chi connectivity index (χ2v) is 3.65. The Labute approximate surface area is 57.1 Å². The first-order chi connectivity index (χ1) is 4.13. The van der Waals surface area contributed by atoms with E-state index in [2.05, 4.69) is 20.8 Å². The molecule has 0 amide bonds. The zero-order chi connectivity index (χ0) is 7.07. The van der Waals surface area contributed by atoms with Gasteiger partial charge in [-0.3, -0.25) is 0 Å². The second-order valence-electron chi connectivity index (χ2n) is 3.65. The van der Waals surface area contributed by atoms with Crippen LogP contribution in [0.4, 0.5) is 0 Å². The lowest BCUT2D eigenvalue weighted by molar-refractivity contribution is 0.159. The predicted molar refractivity (Wildman–Crippen MR) is 38.1 cm³/mol. The van der Waals surface area contributed by atoms with Gasteiger partial charge in [-0.25, -0.2) is 0 Å². The summed E-state index contributed by atoms with van der Waals surface area (Å²) in [6.45, 7) is 6.99. The second kappa shape index (κ2) is 1.98. The van der Waals surface area contributed by atoms with E-state index in [1.165, 1.54) is 6.42 Å². The van der Waals surface area contributed by atoms with Crippen LogP contribution in [0.2, 0.25) is 0 Å². The molecule has 1 aliphatic rings. The average Bonchev–Trinajstić information content (AvgIpc) is 2.43. The van der Waals surface area contributed by atoms with Gasteiger partial charge in [0, 0.05) is 6.61 Å². The van der Waals surface area contributed by atoms with Crippen LogP contribution in [-0.2, 0) is 0 Å². The van der Waals surface area contributed by atoms with E-state index in [0.29, 0.717) is 17.9 Å². The van der Waals surface area contributed by atoms with E-state index in [-0.39, 0.29) is 0 Å². The molecule has 2 atom stereocenters. The van der Waals surface area contributed by atoms with Gasteiger partial charge in [0.2, 0.25) is 0 Å². The predicted octanol–water partition coefficient (Wildman–Crippen LogP) is 1.66. The normalized spacial score (nSPS) is 41.7. The molecular formula is C8H16O. The SMILES string of the molecule is CC(C)C1(CO)CC1C. The molecular weight excluding hydrogens is 112 g/mol.